The van der Waals surface area contributed by atoms with E-state index in [1.165, 1.54) is 11.8 Å². The number of aromatic nitrogens is 1. The highest BCUT2D eigenvalue weighted by Crippen LogP contribution is 2.29. The summed E-state index contributed by atoms with van der Waals surface area (Å²) in [5.74, 6) is 0.303. The zero-order valence-corrected chi connectivity index (χ0v) is 14.2. The molecule has 0 radical (unpaired) electrons. The standard InChI is InChI=1S/C17H16N2O2S2/c1-21-10-12-5-4-6-13(9-12)18-16(20)11-22-17-19-14-7-2-3-8-15(14)23-17/h2-9H,10-11H2,1H3,(H,18,20). The molecule has 0 atom stereocenters. The van der Waals surface area contributed by atoms with Crippen molar-refractivity contribution in [1.82, 2.24) is 4.98 Å². The molecule has 0 unspecified atom stereocenters. The molecule has 4 nitrogen and oxygen atoms in total. The van der Waals surface area contributed by atoms with Crippen LogP contribution in [-0.4, -0.2) is 23.8 Å². The third-order valence-corrected chi connectivity index (χ3v) is 5.30. The molecule has 0 saturated heterocycles. The van der Waals surface area contributed by atoms with E-state index in [0.717, 1.165) is 25.8 Å². The van der Waals surface area contributed by atoms with Gasteiger partial charge in [-0.15, -0.1) is 11.3 Å². The molecule has 0 spiro atoms. The maximum Gasteiger partial charge on any atom is 0.234 e. The van der Waals surface area contributed by atoms with Crippen LogP contribution in [0.3, 0.4) is 0 Å². The zero-order valence-electron chi connectivity index (χ0n) is 12.6. The Balaban J connectivity index is 1.58. The van der Waals surface area contributed by atoms with Gasteiger partial charge in [-0.25, -0.2) is 4.98 Å². The van der Waals surface area contributed by atoms with Crippen molar-refractivity contribution in [2.45, 2.75) is 10.9 Å². The smallest absolute Gasteiger partial charge is 0.234 e. The molecule has 0 aliphatic heterocycles. The van der Waals surface area contributed by atoms with Gasteiger partial charge < -0.3 is 10.1 Å². The molecule has 1 amide bonds. The largest absolute Gasteiger partial charge is 0.380 e. The van der Waals surface area contributed by atoms with E-state index in [1.54, 1.807) is 18.4 Å². The summed E-state index contributed by atoms with van der Waals surface area (Å²) in [5, 5.41) is 2.91. The van der Waals surface area contributed by atoms with Gasteiger partial charge in [-0.2, -0.15) is 0 Å². The normalized spacial score (nSPS) is 10.8. The summed E-state index contributed by atoms with van der Waals surface area (Å²) < 4.78 is 7.15. The summed E-state index contributed by atoms with van der Waals surface area (Å²) in [6, 6.07) is 15.7. The molecule has 3 aromatic rings. The van der Waals surface area contributed by atoms with Crippen LogP contribution in [0.1, 0.15) is 5.56 Å². The number of carbonyl (C=O) groups is 1. The van der Waals surface area contributed by atoms with Gasteiger partial charge in [-0.3, -0.25) is 4.79 Å². The first-order valence-corrected chi connectivity index (χ1v) is 8.91. The summed E-state index contributed by atoms with van der Waals surface area (Å²) in [4.78, 5) is 16.6. The maximum atomic E-state index is 12.1. The number of rotatable bonds is 6. The van der Waals surface area contributed by atoms with Gasteiger partial charge in [0.05, 0.1) is 22.6 Å². The van der Waals surface area contributed by atoms with Gasteiger partial charge in [0.25, 0.3) is 0 Å². The quantitative estimate of drug-likeness (QED) is 0.682. The number of nitrogens with zero attached hydrogens (tertiary/aromatic N) is 1. The van der Waals surface area contributed by atoms with E-state index >= 15 is 0 Å². The van der Waals surface area contributed by atoms with Gasteiger partial charge in [-0.1, -0.05) is 36.0 Å². The van der Waals surface area contributed by atoms with E-state index in [-0.39, 0.29) is 5.91 Å². The van der Waals surface area contributed by atoms with Crippen LogP contribution in [0.15, 0.2) is 52.9 Å². The van der Waals surface area contributed by atoms with Crippen molar-refractivity contribution in [1.29, 1.82) is 0 Å². The van der Waals surface area contributed by atoms with Gasteiger partial charge in [0.1, 0.15) is 0 Å². The second-order valence-electron chi connectivity index (χ2n) is 4.92. The summed E-state index contributed by atoms with van der Waals surface area (Å²) in [5.41, 5.74) is 2.80. The Hall–Kier alpha value is -1.89. The fourth-order valence-electron chi connectivity index (χ4n) is 2.14. The van der Waals surface area contributed by atoms with Crippen molar-refractivity contribution in [3.63, 3.8) is 0 Å². The molecule has 0 aliphatic carbocycles. The van der Waals surface area contributed by atoms with Gasteiger partial charge in [0, 0.05) is 12.8 Å². The monoisotopic (exact) mass is 344 g/mol. The SMILES string of the molecule is COCc1cccc(NC(=O)CSc2nc3ccccc3s2)c1. The first-order valence-electron chi connectivity index (χ1n) is 7.11. The van der Waals surface area contributed by atoms with Crippen molar-refractivity contribution in [2.24, 2.45) is 0 Å². The second-order valence-corrected chi connectivity index (χ2v) is 7.17. The average Bonchev–Trinajstić information content (AvgIpc) is 2.96. The highest BCUT2D eigenvalue weighted by atomic mass is 32.2. The fourth-order valence-corrected chi connectivity index (χ4v) is 4.01. The predicted octanol–water partition coefficient (Wildman–Crippen LogP) is 4.17. The van der Waals surface area contributed by atoms with Gasteiger partial charge in [0.2, 0.25) is 5.91 Å². The summed E-state index contributed by atoms with van der Waals surface area (Å²) in [7, 11) is 1.65. The molecular formula is C17H16N2O2S2. The Labute approximate surface area is 142 Å². The number of thiazole rings is 1. The average molecular weight is 344 g/mol. The molecule has 23 heavy (non-hydrogen) atoms. The number of para-hydroxylation sites is 1. The molecule has 1 aromatic heterocycles. The Morgan fingerprint density at radius 3 is 2.96 bits per heavy atom. The number of carbonyl (C=O) groups excluding carboxylic acids is 1. The van der Waals surface area contributed by atoms with Crippen LogP contribution in [0, 0.1) is 0 Å². The number of amides is 1. The van der Waals surface area contributed by atoms with Gasteiger partial charge in [0.15, 0.2) is 4.34 Å². The summed E-state index contributed by atoms with van der Waals surface area (Å²) in [6.07, 6.45) is 0. The number of hydrogen-bond acceptors (Lipinski definition) is 5. The summed E-state index contributed by atoms with van der Waals surface area (Å²) >= 11 is 3.07. The molecule has 2 aromatic carbocycles. The van der Waals surface area contributed by atoms with E-state index in [9.17, 15) is 4.79 Å². The van der Waals surface area contributed by atoms with Crippen LogP contribution >= 0.6 is 23.1 Å². The van der Waals surface area contributed by atoms with Crippen LogP contribution < -0.4 is 5.32 Å². The zero-order chi connectivity index (χ0) is 16.1. The first-order chi connectivity index (χ1) is 11.2. The van der Waals surface area contributed by atoms with Crippen molar-refractivity contribution >= 4 is 44.9 Å². The molecule has 0 fully saturated rings. The van der Waals surface area contributed by atoms with Gasteiger partial charge in [-0.05, 0) is 29.8 Å². The molecule has 0 aliphatic rings. The topological polar surface area (TPSA) is 51.2 Å². The first kappa shape index (κ1) is 16.0. The lowest BCUT2D eigenvalue weighted by atomic mass is 10.2. The van der Waals surface area contributed by atoms with E-state index in [0.29, 0.717) is 12.4 Å². The number of ether oxygens (including phenoxy) is 1. The van der Waals surface area contributed by atoms with Crippen molar-refractivity contribution in [2.75, 3.05) is 18.2 Å². The Kier molecular flexibility index (Phi) is 5.27. The van der Waals surface area contributed by atoms with Gasteiger partial charge >= 0.3 is 0 Å². The number of methoxy groups -OCH3 is 1. The number of benzene rings is 2. The molecule has 3 rings (SSSR count). The predicted molar refractivity (Wildman–Crippen MR) is 96.1 cm³/mol. The van der Waals surface area contributed by atoms with E-state index < -0.39 is 0 Å². The second kappa shape index (κ2) is 7.59. The van der Waals surface area contributed by atoms with E-state index in [4.69, 9.17) is 4.74 Å². The minimum Gasteiger partial charge on any atom is -0.380 e. The van der Waals surface area contributed by atoms with Crippen LogP contribution in [0.4, 0.5) is 5.69 Å². The van der Waals surface area contributed by atoms with E-state index in [1.807, 2.05) is 48.5 Å². The maximum absolute atomic E-state index is 12.1. The lowest BCUT2D eigenvalue weighted by molar-refractivity contribution is -0.113. The third kappa shape index (κ3) is 4.31. The number of anilines is 1. The Morgan fingerprint density at radius 2 is 2.13 bits per heavy atom. The van der Waals surface area contributed by atoms with Crippen LogP contribution in [0.2, 0.25) is 0 Å². The minimum absolute atomic E-state index is 0.0381. The lowest BCUT2D eigenvalue weighted by Crippen LogP contribution is -2.14. The van der Waals surface area contributed by atoms with Crippen LogP contribution in [-0.2, 0) is 16.1 Å². The number of hydrogen-bond donors (Lipinski definition) is 1. The highest BCUT2D eigenvalue weighted by molar-refractivity contribution is 8.01. The Bertz CT molecular complexity index is 784. The molecule has 118 valence electrons. The van der Waals surface area contributed by atoms with Crippen molar-refractivity contribution < 1.29 is 9.53 Å². The third-order valence-electron chi connectivity index (χ3n) is 3.12. The molecule has 6 heteroatoms. The molecule has 1 N–H and O–H groups in total. The highest BCUT2D eigenvalue weighted by Gasteiger charge is 2.08. The summed E-state index contributed by atoms with van der Waals surface area (Å²) in [6.45, 7) is 0.532. The van der Waals surface area contributed by atoms with Crippen LogP contribution in [0.25, 0.3) is 10.2 Å². The van der Waals surface area contributed by atoms with Crippen molar-refractivity contribution in [3.8, 4) is 0 Å². The number of nitrogens with one attached hydrogen (secondary N) is 1. The molecular weight excluding hydrogens is 328 g/mol. The number of fused-ring (bicyclic) bond motifs is 1. The minimum atomic E-state index is -0.0381. The molecule has 0 bridgehead atoms. The Morgan fingerprint density at radius 1 is 1.26 bits per heavy atom. The lowest BCUT2D eigenvalue weighted by Gasteiger charge is -2.06. The number of thioether (sulfide) groups is 1. The fraction of sp³-hybridized carbons (Fsp3) is 0.176. The van der Waals surface area contributed by atoms with E-state index in [2.05, 4.69) is 10.3 Å². The van der Waals surface area contributed by atoms with Crippen molar-refractivity contribution in [3.05, 3.63) is 54.1 Å². The van der Waals surface area contributed by atoms with Crippen LogP contribution in [0.5, 0.6) is 0 Å². The molecule has 1 heterocycles. The molecule has 0 saturated carbocycles.